The van der Waals surface area contributed by atoms with Crippen LogP contribution in [0, 0.1) is 13.8 Å². The second-order valence-corrected chi connectivity index (χ2v) is 5.61. The molecule has 1 heterocycles. The van der Waals surface area contributed by atoms with Gasteiger partial charge in [-0.25, -0.2) is 0 Å². The molecule has 0 aromatic heterocycles. The molecular formula is C17H27NO2. The van der Waals surface area contributed by atoms with Crippen LogP contribution in [-0.4, -0.2) is 44.4 Å². The van der Waals surface area contributed by atoms with Crippen LogP contribution in [-0.2, 0) is 4.74 Å². The van der Waals surface area contributed by atoms with Crippen LogP contribution in [0.1, 0.15) is 30.4 Å². The monoisotopic (exact) mass is 277 g/mol. The Kier molecular flexibility index (Phi) is 6.34. The molecule has 20 heavy (non-hydrogen) atoms. The molecule has 0 saturated carbocycles. The molecule has 1 aromatic carbocycles. The van der Waals surface area contributed by atoms with Crippen molar-refractivity contribution in [2.45, 2.75) is 33.1 Å². The maximum Gasteiger partial charge on any atom is 0.119 e. The topological polar surface area (TPSA) is 21.7 Å². The summed E-state index contributed by atoms with van der Waals surface area (Å²) in [5.74, 6) is 1.00. The lowest BCUT2D eigenvalue weighted by Gasteiger charge is -2.26. The largest absolute Gasteiger partial charge is 0.494 e. The smallest absolute Gasteiger partial charge is 0.119 e. The predicted molar refractivity (Wildman–Crippen MR) is 82.5 cm³/mol. The molecule has 1 fully saturated rings. The van der Waals surface area contributed by atoms with E-state index in [1.54, 1.807) is 0 Å². The third-order valence-electron chi connectivity index (χ3n) is 3.97. The normalized spacial score (nSPS) is 16.3. The number of benzene rings is 1. The lowest BCUT2D eigenvalue weighted by molar-refractivity contribution is 0.0370. The van der Waals surface area contributed by atoms with Gasteiger partial charge in [0, 0.05) is 13.1 Å². The number of unbranched alkanes of at least 4 members (excludes halogenated alkanes) is 2. The Hall–Kier alpha value is -1.06. The van der Waals surface area contributed by atoms with Crippen molar-refractivity contribution in [3.63, 3.8) is 0 Å². The summed E-state index contributed by atoms with van der Waals surface area (Å²) in [5, 5.41) is 0. The van der Waals surface area contributed by atoms with E-state index in [0.717, 1.165) is 45.1 Å². The molecule has 2 rings (SSSR count). The van der Waals surface area contributed by atoms with Gasteiger partial charge in [-0.1, -0.05) is 6.07 Å². The van der Waals surface area contributed by atoms with Crippen molar-refractivity contribution in [3.05, 3.63) is 29.3 Å². The Balaban J connectivity index is 1.53. The van der Waals surface area contributed by atoms with Gasteiger partial charge >= 0.3 is 0 Å². The van der Waals surface area contributed by atoms with E-state index in [2.05, 4.69) is 36.9 Å². The quantitative estimate of drug-likeness (QED) is 0.715. The summed E-state index contributed by atoms with van der Waals surface area (Å²) in [4.78, 5) is 2.49. The van der Waals surface area contributed by atoms with Crippen LogP contribution in [0.2, 0.25) is 0 Å². The van der Waals surface area contributed by atoms with Crippen molar-refractivity contribution in [1.29, 1.82) is 0 Å². The number of aryl methyl sites for hydroxylation is 2. The highest BCUT2D eigenvalue weighted by atomic mass is 16.5. The molecule has 1 aliphatic rings. The standard InChI is InChI=1S/C17H27NO2/c1-15-6-7-17(14-16(15)2)20-11-5-3-4-8-18-9-12-19-13-10-18/h6-7,14H,3-5,8-13H2,1-2H3. The highest BCUT2D eigenvalue weighted by Crippen LogP contribution is 2.16. The Bertz CT molecular complexity index is 400. The van der Waals surface area contributed by atoms with Gasteiger partial charge < -0.3 is 9.47 Å². The minimum absolute atomic E-state index is 0.825. The Morgan fingerprint density at radius 1 is 1.05 bits per heavy atom. The van der Waals surface area contributed by atoms with E-state index in [-0.39, 0.29) is 0 Å². The first-order valence-electron chi connectivity index (χ1n) is 7.76. The average molecular weight is 277 g/mol. The zero-order valence-corrected chi connectivity index (χ0v) is 12.9. The van der Waals surface area contributed by atoms with Crippen molar-refractivity contribution in [2.24, 2.45) is 0 Å². The second kappa shape index (κ2) is 8.28. The van der Waals surface area contributed by atoms with Gasteiger partial charge in [0.15, 0.2) is 0 Å². The molecule has 112 valence electrons. The van der Waals surface area contributed by atoms with Crippen molar-refractivity contribution < 1.29 is 9.47 Å². The van der Waals surface area contributed by atoms with E-state index >= 15 is 0 Å². The van der Waals surface area contributed by atoms with Crippen LogP contribution in [0.25, 0.3) is 0 Å². The molecule has 0 aliphatic carbocycles. The minimum Gasteiger partial charge on any atom is -0.494 e. The summed E-state index contributed by atoms with van der Waals surface area (Å²) in [6.07, 6.45) is 3.63. The van der Waals surface area contributed by atoms with Gasteiger partial charge in [0.1, 0.15) is 5.75 Å². The summed E-state index contributed by atoms with van der Waals surface area (Å²) >= 11 is 0. The first kappa shape index (κ1) is 15.3. The molecule has 0 spiro atoms. The first-order chi connectivity index (χ1) is 9.75. The van der Waals surface area contributed by atoms with Crippen LogP contribution >= 0.6 is 0 Å². The van der Waals surface area contributed by atoms with Crippen LogP contribution < -0.4 is 4.74 Å². The molecule has 3 nitrogen and oxygen atoms in total. The molecule has 0 unspecified atom stereocenters. The summed E-state index contributed by atoms with van der Waals surface area (Å²) in [6, 6.07) is 6.32. The van der Waals surface area contributed by atoms with Gasteiger partial charge in [-0.15, -0.1) is 0 Å². The van der Waals surface area contributed by atoms with Gasteiger partial charge in [0.05, 0.1) is 19.8 Å². The van der Waals surface area contributed by atoms with E-state index in [0.29, 0.717) is 0 Å². The molecule has 3 heteroatoms. The van der Waals surface area contributed by atoms with Gasteiger partial charge in [-0.05, 0) is 62.9 Å². The molecule has 0 atom stereocenters. The zero-order valence-electron chi connectivity index (χ0n) is 12.9. The fourth-order valence-electron chi connectivity index (χ4n) is 2.43. The molecule has 0 N–H and O–H groups in total. The average Bonchev–Trinajstić information content (AvgIpc) is 2.47. The minimum atomic E-state index is 0.825. The fraction of sp³-hybridized carbons (Fsp3) is 0.647. The van der Waals surface area contributed by atoms with E-state index in [4.69, 9.17) is 9.47 Å². The van der Waals surface area contributed by atoms with Gasteiger partial charge in [0.25, 0.3) is 0 Å². The number of ether oxygens (including phenoxy) is 2. The molecular weight excluding hydrogens is 250 g/mol. The lowest BCUT2D eigenvalue weighted by Crippen LogP contribution is -2.36. The number of morpholine rings is 1. The van der Waals surface area contributed by atoms with E-state index in [1.807, 2.05) is 0 Å². The van der Waals surface area contributed by atoms with Crippen molar-refractivity contribution in [2.75, 3.05) is 39.5 Å². The van der Waals surface area contributed by atoms with Gasteiger partial charge in [-0.3, -0.25) is 4.90 Å². The summed E-state index contributed by atoms with van der Waals surface area (Å²) in [7, 11) is 0. The Morgan fingerprint density at radius 2 is 1.85 bits per heavy atom. The van der Waals surface area contributed by atoms with Crippen LogP contribution in [0.15, 0.2) is 18.2 Å². The molecule has 1 aliphatic heterocycles. The third-order valence-corrected chi connectivity index (χ3v) is 3.97. The molecule has 0 amide bonds. The zero-order chi connectivity index (χ0) is 14.2. The van der Waals surface area contributed by atoms with E-state index < -0.39 is 0 Å². The van der Waals surface area contributed by atoms with Crippen molar-refractivity contribution >= 4 is 0 Å². The number of rotatable bonds is 7. The first-order valence-corrected chi connectivity index (χ1v) is 7.76. The molecule has 1 aromatic rings. The predicted octanol–water partition coefficient (Wildman–Crippen LogP) is 3.18. The lowest BCUT2D eigenvalue weighted by atomic mass is 10.1. The Labute approximate surface area is 122 Å². The van der Waals surface area contributed by atoms with Crippen LogP contribution in [0.4, 0.5) is 0 Å². The van der Waals surface area contributed by atoms with Gasteiger partial charge in [0.2, 0.25) is 0 Å². The highest BCUT2D eigenvalue weighted by molar-refractivity contribution is 5.33. The third kappa shape index (κ3) is 5.14. The maximum absolute atomic E-state index is 5.80. The number of nitrogens with zero attached hydrogens (tertiary/aromatic N) is 1. The number of hydrogen-bond donors (Lipinski definition) is 0. The fourth-order valence-corrected chi connectivity index (χ4v) is 2.43. The Morgan fingerprint density at radius 3 is 2.60 bits per heavy atom. The number of hydrogen-bond acceptors (Lipinski definition) is 3. The van der Waals surface area contributed by atoms with Crippen molar-refractivity contribution in [1.82, 2.24) is 4.90 Å². The summed E-state index contributed by atoms with van der Waals surface area (Å²) < 4.78 is 11.2. The maximum atomic E-state index is 5.80. The molecule has 1 saturated heterocycles. The van der Waals surface area contributed by atoms with E-state index in [9.17, 15) is 0 Å². The summed E-state index contributed by atoms with van der Waals surface area (Å²) in [6.45, 7) is 10.3. The summed E-state index contributed by atoms with van der Waals surface area (Å²) in [5.41, 5.74) is 2.62. The highest BCUT2D eigenvalue weighted by Gasteiger charge is 2.08. The second-order valence-electron chi connectivity index (χ2n) is 5.61. The van der Waals surface area contributed by atoms with Gasteiger partial charge in [-0.2, -0.15) is 0 Å². The van der Waals surface area contributed by atoms with Crippen LogP contribution in [0.5, 0.6) is 5.75 Å². The van der Waals surface area contributed by atoms with Crippen molar-refractivity contribution in [3.8, 4) is 5.75 Å². The molecule has 0 bridgehead atoms. The van der Waals surface area contributed by atoms with Crippen LogP contribution in [0.3, 0.4) is 0 Å². The van der Waals surface area contributed by atoms with E-state index in [1.165, 1.54) is 30.5 Å². The SMILES string of the molecule is Cc1ccc(OCCCCCN2CCOCC2)cc1C. The molecule has 0 radical (unpaired) electrons.